The number of rotatable bonds is 11. The number of halogens is 2. The Morgan fingerprint density at radius 3 is 2.49 bits per heavy atom. The molecule has 0 fully saturated rings. The fraction of sp³-hybridized carbons (Fsp3) is 0.323. The van der Waals surface area contributed by atoms with E-state index in [0.29, 0.717) is 30.1 Å². The van der Waals surface area contributed by atoms with Gasteiger partial charge in [0.1, 0.15) is 17.4 Å². The van der Waals surface area contributed by atoms with Crippen molar-refractivity contribution in [3.8, 4) is 11.4 Å². The first-order valence-electron chi connectivity index (χ1n) is 13.5. The molecule has 1 amide bonds. The van der Waals surface area contributed by atoms with E-state index < -0.39 is 29.3 Å². The molecule has 216 valence electrons. The number of amides is 1. The van der Waals surface area contributed by atoms with Crippen LogP contribution in [0.2, 0.25) is 0 Å². The largest absolute Gasteiger partial charge is 0.497 e. The summed E-state index contributed by atoms with van der Waals surface area (Å²) in [5.74, 6) is -0.678. The highest BCUT2D eigenvalue weighted by Crippen LogP contribution is 2.30. The van der Waals surface area contributed by atoms with Crippen LogP contribution in [0.4, 0.5) is 8.78 Å². The average Bonchev–Trinajstić information content (AvgIpc) is 3.26. The van der Waals surface area contributed by atoms with E-state index in [-0.39, 0.29) is 30.3 Å². The molecule has 1 atom stereocenters. The Morgan fingerprint density at radius 1 is 1.07 bits per heavy atom. The summed E-state index contributed by atoms with van der Waals surface area (Å²) in [7, 11) is 1.56. The van der Waals surface area contributed by atoms with Crippen molar-refractivity contribution in [2.45, 2.75) is 39.8 Å². The number of benzene rings is 3. The summed E-state index contributed by atoms with van der Waals surface area (Å²) in [5, 5.41) is 4.69. The molecule has 0 saturated carbocycles. The number of hydrogen-bond acceptors (Lipinski definition) is 5. The van der Waals surface area contributed by atoms with Crippen LogP contribution in [0.1, 0.15) is 53.6 Å². The molecule has 1 heterocycles. The molecular weight excluding hydrogens is 528 g/mol. The van der Waals surface area contributed by atoms with E-state index in [1.54, 1.807) is 43.2 Å². The van der Waals surface area contributed by atoms with Crippen molar-refractivity contribution in [1.82, 2.24) is 19.2 Å². The van der Waals surface area contributed by atoms with Crippen molar-refractivity contribution in [1.29, 1.82) is 0 Å². The van der Waals surface area contributed by atoms with Crippen LogP contribution in [0.3, 0.4) is 0 Å². The molecule has 10 heteroatoms. The lowest BCUT2D eigenvalue weighted by Gasteiger charge is -2.34. The highest BCUT2D eigenvalue weighted by atomic mass is 19.1. The lowest BCUT2D eigenvalue weighted by atomic mass is 9.99. The molecule has 0 aliphatic rings. The van der Waals surface area contributed by atoms with Gasteiger partial charge in [0.2, 0.25) is 0 Å². The zero-order chi connectivity index (χ0) is 29.7. The number of methoxy groups -OCH3 is 1. The van der Waals surface area contributed by atoms with Gasteiger partial charge in [-0.15, -0.1) is 5.10 Å². The van der Waals surface area contributed by atoms with E-state index in [1.807, 2.05) is 32.0 Å². The van der Waals surface area contributed by atoms with Gasteiger partial charge in [0, 0.05) is 12.1 Å². The van der Waals surface area contributed by atoms with E-state index in [1.165, 1.54) is 28.8 Å². The third-order valence-electron chi connectivity index (χ3n) is 6.93. The first-order valence-corrected chi connectivity index (χ1v) is 13.5. The molecule has 1 unspecified atom stereocenters. The molecule has 3 aromatic carbocycles. The first-order chi connectivity index (χ1) is 19.6. The zero-order valence-electron chi connectivity index (χ0n) is 23.7. The van der Waals surface area contributed by atoms with Gasteiger partial charge in [0.15, 0.2) is 5.82 Å². The van der Waals surface area contributed by atoms with E-state index in [9.17, 15) is 18.4 Å². The summed E-state index contributed by atoms with van der Waals surface area (Å²) in [6.07, 6.45) is 0.480. The van der Waals surface area contributed by atoms with Crippen molar-refractivity contribution in [3.05, 3.63) is 111 Å². The maximum absolute atomic E-state index is 14.5. The molecule has 0 radical (unpaired) electrons. The van der Waals surface area contributed by atoms with Crippen LogP contribution in [-0.4, -0.2) is 45.4 Å². The van der Waals surface area contributed by atoms with Crippen molar-refractivity contribution in [2.24, 2.45) is 11.7 Å². The summed E-state index contributed by atoms with van der Waals surface area (Å²) in [6, 6.07) is 16.6. The highest BCUT2D eigenvalue weighted by Gasteiger charge is 2.34. The lowest BCUT2D eigenvalue weighted by Crippen LogP contribution is -2.41. The maximum atomic E-state index is 14.5. The van der Waals surface area contributed by atoms with Gasteiger partial charge >= 0.3 is 5.69 Å². The summed E-state index contributed by atoms with van der Waals surface area (Å²) in [6.45, 7) is 6.18. The minimum atomic E-state index is -0.688. The van der Waals surface area contributed by atoms with E-state index in [0.717, 1.165) is 10.2 Å². The molecule has 41 heavy (non-hydrogen) atoms. The van der Waals surface area contributed by atoms with Gasteiger partial charge in [0.25, 0.3) is 5.91 Å². The first kappa shape index (κ1) is 29.7. The van der Waals surface area contributed by atoms with Crippen LogP contribution in [0, 0.1) is 24.5 Å². The topological polar surface area (TPSA) is 95.4 Å². The van der Waals surface area contributed by atoms with Crippen LogP contribution >= 0.6 is 0 Å². The molecule has 0 saturated heterocycles. The van der Waals surface area contributed by atoms with E-state index in [2.05, 4.69) is 5.10 Å². The second-order valence-corrected chi connectivity index (χ2v) is 10.3. The molecular formula is C31H35F2N5O3. The van der Waals surface area contributed by atoms with Crippen molar-refractivity contribution < 1.29 is 18.3 Å². The predicted octanol–water partition coefficient (Wildman–Crippen LogP) is 4.87. The highest BCUT2D eigenvalue weighted by molar-refractivity contribution is 5.94. The Hall–Kier alpha value is -4.31. The Balaban J connectivity index is 1.90. The number of aromatic nitrogens is 3. The second-order valence-electron chi connectivity index (χ2n) is 10.3. The molecule has 0 aliphatic heterocycles. The fourth-order valence-electron chi connectivity index (χ4n) is 4.83. The zero-order valence-corrected chi connectivity index (χ0v) is 23.7. The number of carbonyl (C=O) groups is 1. The quantitative estimate of drug-likeness (QED) is 0.281. The fourth-order valence-corrected chi connectivity index (χ4v) is 4.83. The second kappa shape index (κ2) is 12.9. The van der Waals surface area contributed by atoms with E-state index >= 15 is 0 Å². The van der Waals surface area contributed by atoms with Gasteiger partial charge in [-0.05, 0) is 79.4 Å². The van der Waals surface area contributed by atoms with Gasteiger partial charge in [-0.2, -0.15) is 4.68 Å². The van der Waals surface area contributed by atoms with Gasteiger partial charge < -0.3 is 15.4 Å². The van der Waals surface area contributed by atoms with Crippen molar-refractivity contribution in [2.75, 3.05) is 20.2 Å². The molecule has 0 aliphatic carbocycles. The number of nitrogens with two attached hydrogens (primary N) is 1. The Labute approximate surface area is 238 Å². The Morgan fingerprint density at radius 2 is 1.83 bits per heavy atom. The SMILES string of the molecule is COc1cccc(Cn2c(C(C(C)C)N(CCCN)C(=O)c3ccc(C)c(F)c3)nn(-c3cccc(F)c3)c2=O)c1. The van der Waals surface area contributed by atoms with Gasteiger partial charge in [-0.3, -0.25) is 9.36 Å². The van der Waals surface area contributed by atoms with Crippen LogP contribution in [-0.2, 0) is 6.54 Å². The lowest BCUT2D eigenvalue weighted by molar-refractivity contribution is 0.0603. The van der Waals surface area contributed by atoms with E-state index in [4.69, 9.17) is 10.5 Å². The minimum Gasteiger partial charge on any atom is -0.497 e. The molecule has 4 aromatic rings. The molecule has 8 nitrogen and oxygen atoms in total. The predicted molar refractivity (Wildman–Crippen MR) is 153 cm³/mol. The summed E-state index contributed by atoms with van der Waals surface area (Å²) in [4.78, 5) is 29.4. The van der Waals surface area contributed by atoms with Crippen LogP contribution in [0.15, 0.2) is 71.5 Å². The Kier molecular flexibility index (Phi) is 9.34. The van der Waals surface area contributed by atoms with Gasteiger partial charge in [-0.1, -0.05) is 38.1 Å². The number of nitrogens with zero attached hydrogens (tertiary/aromatic N) is 4. The van der Waals surface area contributed by atoms with Crippen molar-refractivity contribution >= 4 is 5.91 Å². The number of hydrogen-bond donors (Lipinski definition) is 1. The summed E-state index contributed by atoms with van der Waals surface area (Å²) >= 11 is 0. The van der Waals surface area contributed by atoms with Crippen LogP contribution in [0.25, 0.3) is 5.69 Å². The third kappa shape index (κ3) is 6.54. The number of ether oxygens (including phenoxy) is 1. The summed E-state index contributed by atoms with van der Waals surface area (Å²) < 4.78 is 36.7. The molecule has 2 N–H and O–H groups in total. The maximum Gasteiger partial charge on any atom is 0.351 e. The molecule has 4 rings (SSSR count). The van der Waals surface area contributed by atoms with Gasteiger partial charge in [-0.25, -0.2) is 13.6 Å². The number of aryl methyl sites for hydroxylation is 1. The van der Waals surface area contributed by atoms with Gasteiger partial charge in [0.05, 0.1) is 25.4 Å². The molecule has 1 aromatic heterocycles. The smallest absolute Gasteiger partial charge is 0.351 e. The number of carbonyl (C=O) groups excluding carboxylic acids is 1. The van der Waals surface area contributed by atoms with Crippen LogP contribution in [0.5, 0.6) is 5.75 Å². The Bertz CT molecular complexity index is 1580. The third-order valence-corrected chi connectivity index (χ3v) is 6.93. The minimum absolute atomic E-state index is 0.127. The molecule has 0 spiro atoms. The van der Waals surface area contributed by atoms with Crippen molar-refractivity contribution in [3.63, 3.8) is 0 Å². The van der Waals surface area contributed by atoms with Crippen LogP contribution < -0.4 is 16.2 Å². The standard InChI is InChI=1S/C31H35F2N5O3/c1-20(2)28(36(15-7-14-34)30(39)23-13-12-21(3)27(33)17-23)29-35-38(25-10-6-9-24(32)18-25)31(40)37(29)19-22-8-5-11-26(16-22)41-4/h5-6,8-13,16-18,20,28H,7,14-15,19,34H2,1-4H3. The molecule has 0 bridgehead atoms. The monoisotopic (exact) mass is 563 g/mol. The average molecular weight is 564 g/mol. The normalized spacial score (nSPS) is 12.0. The summed E-state index contributed by atoms with van der Waals surface area (Å²) in [5.41, 5.74) is 6.97.